The van der Waals surface area contributed by atoms with Gasteiger partial charge < -0.3 is 15.5 Å². The number of likely N-dealkylation sites (tertiary alicyclic amines) is 1. The lowest BCUT2D eigenvalue weighted by molar-refractivity contribution is -0.136. The fraction of sp³-hybridized carbons (Fsp3) is 0.609. The van der Waals surface area contributed by atoms with Crippen molar-refractivity contribution < 1.29 is 14.4 Å². The lowest BCUT2D eigenvalue weighted by Crippen LogP contribution is -2.55. The van der Waals surface area contributed by atoms with Gasteiger partial charge in [-0.15, -0.1) is 0 Å². The van der Waals surface area contributed by atoms with Gasteiger partial charge in [0.2, 0.25) is 11.8 Å². The van der Waals surface area contributed by atoms with E-state index in [0.717, 1.165) is 12.0 Å². The van der Waals surface area contributed by atoms with Crippen LogP contribution in [0.2, 0.25) is 0 Å². The van der Waals surface area contributed by atoms with Gasteiger partial charge in [-0.2, -0.15) is 0 Å². The molecule has 1 saturated heterocycles. The zero-order valence-electron chi connectivity index (χ0n) is 18.3. The number of hydrogen-bond donors (Lipinski definition) is 2. The van der Waals surface area contributed by atoms with Crippen LogP contribution in [0.15, 0.2) is 24.3 Å². The Balaban J connectivity index is 2.13. The Morgan fingerprint density at radius 1 is 1.07 bits per heavy atom. The van der Waals surface area contributed by atoms with Crippen LogP contribution in [0.25, 0.3) is 0 Å². The Morgan fingerprint density at radius 2 is 1.69 bits per heavy atom. The molecule has 1 aliphatic heterocycles. The first-order valence-corrected chi connectivity index (χ1v) is 10.7. The summed E-state index contributed by atoms with van der Waals surface area (Å²) in [5.74, 6) is -0.254. The van der Waals surface area contributed by atoms with Gasteiger partial charge in [0, 0.05) is 30.6 Å². The largest absolute Gasteiger partial charge is 0.352 e. The second-order valence-corrected chi connectivity index (χ2v) is 8.40. The fourth-order valence-corrected chi connectivity index (χ4v) is 3.70. The molecule has 2 rings (SSSR count). The molecule has 6 heteroatoms. The van der Waals surface area contributed by atoms with Gasteiger partial charge in [0.05, 0.1) is 0 Å². The monoisotopic (exact) mass is 401 g/mol. The van der Waals surface area contributed by atoms with Gasteiger partial charge in [0.15, 0.2) is 0 Å². The number of nitrogens with zero attached hydrogens (tertiary/aromatic N) is 1. The van der Waals surface area contributed by atoms with E-state index in [1.54, 1.807) is 6.07 Å². The Kier molecular flexibility index (Phi) is 8.23. The first-order chi connectivity index (χ1) is 13.7. The van der Waals surface area contributed by atoms with Crippen molar-refractivity contribution in [3.63, 3.8) is 0 Å². The number of aryl methyl sites for hydroxylation is 1. The molecule has 0 radical (unpaired) electrons. The van der Waals surface area contributed by atoms with Crippen molar-refractivity contribution in [3.8, 4) is 0 Å². The predicted molar refractivity (Wildman–Crippen MR) is 114 cm³/mol. The molecule has 0 saturated carbocycles. The van der Waals surface area contributed by atoms with Crippen LogP contribution in [0.3, 0.4) is 0 Å². The Hall–Kier alpha value is -2.37. The molecule has 2 N–H and O–H groups in total. The van der Waals surface area contributed by atoms with E-state index in [2.05, 4.69) is 10.6 Å². The van der Waals surface area contributed by atoms with E-state index in [-0.39, 0.29) is 35.6 Å². The number of hydrogen-bond acceptors (Lipinski definition) is 3. The van der Waals surface area contributed by atoms with Gasteiger partial charge in [-0.05, 0) is 50.7 Å². The molecule has 1 fully saturated rings. The van der Waals surface area contributed by atoms with Crippen molar-refractivity contribution in [3.05, 3.63) is 35.4 Å². The van der Waals surface area contributed by atoms with Crippen LogP contribution in [0, 0.1) is 18.8 Å². The van der Waals surface area contributed by atoms with Crippen molar-refractivity contribution >= 4 is 17.7 Å². The van der Waals surface area contributed by atoms with Gasteiger partial charge in [0.1, 0.15) is 6.04 Å². The first kappa shape index (κ1) is 22.9. The summed E-state index contributed by atoms with van der Waals surface area (Å²) < 4.78 is 0. The highest BCUT2D eigenvalue weighted by atomic mass is 16.2. The van der Waals surface area contributed by atoms with Crippen LogP contribution in [0.4, 0.5) is 0 Å². The lowest BCUT2D eigenvalue weighted by Gasteiger charge is -2.36. The smallest absolute Gasteiger partial charge is 0.252 e. The quantitative estimate of drug-likeness (QED) is 0.737. The molecule has 6 nitrogen and oxygen atoms in total. The normalized spacial score (nSPS) is 17.0. The van der Waals surface area contributed by atoms with Crippen LogP contribution in [-0.4, -0.2) is 47.8 Å². The Morgan fingerprint density at radius 3 is 2.24 bits per heavy atom. The SMILES string of the molecule is CC[C@@H](C)NC(=O)[C@H](NC(=O)c1ccccc1C)C1CCN(C(=O)C(C)C)CC1. The van der Waals surface area contributed by atoms with Gasteiger partial charge in [-0.25, -0.2) is 0 Å². The topological polar surface area (TPSA) is 78.5 Å². The maximum absolute atomic E-state index is 13.0. The Bertz CT molecular complexity index is 724. The van der Waals surface area contributed by atoms with Crippen LogP contribution in [0.5, 0.6) is 0 Å². The first-order valence-electron chi connectivity index (χ1n) is 10.7. The van der Waals surface area contributed by atoms with Gasteiger partial charge >= 0.3 is 0 Å². The number of carbonyl (C=O) groups is 3. The van der Waals surface area contributed by atoms with E-state index in [1.807, 2.05) is 57.7 Å². The van der Waals surface area contributed by atoms with Crippen LogP contribution >= 0.6 is 0 Å². The van der Waals surface area contributed by atoms with Crippen molar-refractivity contribution in [2.45, 2.75) is 66.0 Å². The molecule has 0 bridgehead atoms. The number of rotatable bonds is 7. The van der Waals surface area contributed by atoms with E-state index in [9.17, 15) is 14.4 Å². The molecular weight excluding hydrogens is 366 g/mol. The number of nitrogens with one attached hydrogen (secondary N) is 2. The molecule has 0 aliphatic carbocycles. The maximum atomic E-state index is 13.0. The number of benzene rings is 1. The summed E-state index contributed by atoms with van der Waals surface area (Å²) in [7, 11) is 0. The minimum absolute atomic E-state index is 0.00300. The average molecular weight is 402 g/mol. The molecule has 1 heterocycles. The summed E-state index contributed by atoms with van der Waals surface area (Å²) in [6, 6.07) is 6.82. The molecule has 29 heavy (non-hydrogen) atoms. The van der Waals surface area contributed by atoms with Crippen molar-refractivity contribution in [2.75, 3.05) is 13.1 Å². The van der Waals surface area contributed by atoms with Crippen molar-refractivity contribution in [1.82, 2.24) is 15.5 Å². The molecule has 3 amide bonds. The summed E-state index contributed by atoms with van der Waals surface area (Å²) in [5, 5.41) is 6.00. The van der Waals surface area contributed by atoms with Gasteiger partial charge in [0.25, 0.3) is 5.91 Å². The molecule has 160 valence electrons. The summed E-state index contributed by atoms with van der Waals surface area (Å²) >= 11 is 0. The number of piperidine rings is 1. The van der Waals surface area contributed by atoms with Crippen LogP contribution in [-0.2, 0) is 9.59 Å². The minimum atomic E-state index is -0.604. The highest BCUT2D eigenvalue weighted by Crippen LogP contribution is 2.23. The zero-order valence-corrected chi connectivity index (χ0v) is 18.3. The second-order valence-electron chi connectivity index (χ2n) is 8.40. The highest BCUT2D eigenvalue weighted by Gasteiger charge is 2.34. The molecule has 0 unspecified atom stereocenters. The molecule has 1 aromatic carbocycles. The second kappa shape index (κ2) is 10.4. The van der Waals surface area contributed by atoms with E-state index < -0.39 is 6.04 Å². The molecule has 1 aromatic rings. The third kappa shape index (κ3) is 6.05. The standard InChI is InChI=1S/C23H35N3O3/c1-6-17(5)24-22(28)20(25-21(27)19-10-8-7-9-16(19)4)18-11-13-26(14-12-18)23(29)15(2)3/h7-10,15,17-18,20H,6,11-14H2,1-5H3,(H,24,28)(H,25,27)/t17-,20-/m1/s1. The molecule has 0 spiro atoms. The van der Waals surface area contributed by atoms with E-state index >= 15 is 0 Å². The summed E-state index contributed by atoms with van der Waals surface area (Å²) in [6.45, 7) is 10.9. The Labute approximate surface area is 174 Å². The highest BCUT2D eigenvalue weighted by molar-refractivity contribution is 5.98. The fourth-order valence-electron chi connectivity index (χ4n) is 3.70. The third-order valence-electron chi connectivity index (χ3n) is 5.78. The van der Waals surface area contributed by atoms with Gasteiger partial charge in [-0.3, -0.25) is 14.4 Å². The molecule has 0 aromatic heterocycles. The van der Waals surface area contributed by atoms with Crippen LogP contribution < -0.4 is 10.6 Å². The van der Waals surface area contributed by atoms with E-state index in [0.29, 0.717) is 31.5 Å². The summed E-state index contributed by atoms with van der Waals surface area (Å²) in [5.41, 5.74) is 1.46. The van der Waals surface area contributed by atoms with Crippen LogP contribution in [0.1, 0.15) is 62.9 Å². The van der Waals surface area contributed by atoms with E-state index in [4.69, 9.17) is 0 Å². The molecular formula is C23H35N3O3. The maximum Gasteiger partial charge on any atom is 0.252 e. The summed E-state index contributed by atoms with van der Waals surface area (Å²) in [6.07, 6.45) is 2.22. The van der Waals surface area contributed by atoms with Crippen molar-refractivity contribution in [1.29, 1.82) is 0 Å². The summed E-state index contributed by atoms with van der Waals surface area (Å²) in [4.78, 5) is 40.0. The van der Waals surface area contributed by atoms with Gasteiger partial charge in [-0.1, -0.05) is 39.0 Å². The molecule has 2 atom stereocenters. The zero-order chi connectivity index (χ0) is 21.6. The predicted octanol–water partition coefficient (Wildman–Crippen LogP) is 2.90. The van der Waals surface area contributed by atoms with E-state index in [1.165, 1.54) is 0 Å². The van der Waals surface area contributed by atoms with Crippen molar-refractivity contribution in [2.24, 2.45) is 11.8 Å². The number of carbonyl (C=O) groups excluding carboxylic acids is 3. The average Bonchev–Trinajstić information content (AvgIpc) is 2.71. The molecule has 1 aliphatic rings. The third-order valence-corrected chi connectivity index (χ3v) is 5.78. The lowest BCUT2D eigenvalue weighted by atomic mass is 9.87. The minimum Gasteiger partial charge on any atom is -0.352 e. The number of amides is 3.